The van der Waals surface area contributed by atoms with Crippen molar-refractivity contribution in [2.45, 2.75) is 0 Å². The molecule has 0 saturated carbocycles. The van der Waals surface area contributed by atoms with Crippen molar-refractivity contribution in [1.29, 1.82) is 0 Å². The van der Waals surface area contributed by atoms with E-state index >= 15 is 0 Å². The first-order chi connectivity index (χ1) is 14.1. The Balaban J connectivity index is 2.09. The molecular weight excluding hydrogens is 398 g/mol. The number of halogens is 2. The molecule has 0 spiro atoms. The molecule has 0 amide bonds. The van der Waals surface area contributed by atoms with Crippen LogP contribution in [0.1, 0.15) is 5.56 Å². The summed E-state index contributed by atoms with van der Waals surface area (Å²) in [6.45, 7) is 0. The molecule has 0 N–H and O–H groups in total. The number of rotatable bonds is 3. The van der Waals surface area contributed by atoms with Crippen LogP contribution in [0, 0.1) is 17.4 Å². The van der Waals surface area contributed by atoms with Crippen molar-refractivity contribution in [2.75, 3.05) is 0 Å². The summed E-state index contributed by atoms with van der Waals surface area (Å²) in [4.78, 5) is 0. The summed E-state index contributed by atoms with van der Waals surface area (Å²) in [5.74, 6) is -0.643. The monoisotopic (exact) mass is 416 g/mol. The first-order valence-corrected chi connectivity index (χ1v) is 12.4. The molecule has 0 radical (unpaired) electrons. The number of hydrogen-bond acceptors (Lipinski definition) is 0. The van der Waals surface area contributed by atoms with Crippen molar-refractivity contribution in [2.24, 2.45) is 0 Å². The summed E-state index contributed by atoms with van der Waals surface area (Å²) < 4.78 is 13.4. The van der Waals surface area contributed by atoms with Gasteiger partial charge in [-0.05, 0) is 0 Å². The van der Waals surface area contributed by atoms with Crippen LogP contribution in [0.2, 0.25) is 0 Å². The van der Waals surface area contributed by atoms with Gasteiger partial charge in [-0.3, -0.25) is 0 Å². The van der Waals surface area contributed by atoms with Gasteiger partial charge in [-0.15, -0.1) is 0 Å². The molecule has 0 nitrogen and oxygen atoms in total. The SMILES string of the molecule is Fc1ccc(C#CP(Cl)(c2ccccc2)(c2ccccc2)c2ccccc2)cc1. The second-order valence-corrected chi connectivity index (χ2v) is 12.6. The second-order valence-electron chi connectivity index (χ2n) is 6.76. The average Bonchev–Trinajstić information content (AvgIpc) is 2.80. The molecule has 142 valence electrons. The molecule has 0 saturated heterocycles. The van der Waals surface area contributed by atoms with E-state index in [9.17, 15) is 4.39 Å². The van der Waals surface area contributed by atoms with E-state index in [1.54, 1.807) is 12.1 Å². The third kappa shape index (κ3) is 3.47. The van der Waals surface area contributed by atoms with Crippen LogP contribution in [0.4, 0.5) is 4.39 Å². The fourth-order valence-electron chi connectivity index (χ4n) is 3.47. The molecule has 4 aromatic carbocycles. The second kappa shape index (κ2) is 7.84. The van der Waals surface area contributed by atoms with Gasteiger partial charge in [0.2, 0.25) is 0 Å². The maximum absolute atomic E-state index is 13.4. The molecule has 0 aliphatic carbocycles. The average molecular weight is 417 g/mol. The Kier molecular flexibility index (Phi) is 5.25. The molecule has 29 heavy (non-hydrogen) atoms. The molecule has 0 aliphatic heterocycles. The Bertz CT molecular complexity index is 1060. The maximum atomic E-state index is 13.4. The first-order valence-electron chi connectivity index (χ1n) is 9.31. The van der Waals surface area contributed by atoms with Gasteiger partial charge in [0, 0.05) is 0 Å². The molecule has 0 unspecified atom stereocenters. The van der Waals surface area contributed by atoms with E-state index in [2.05, 4.69) is 11.6 Å². The summed E-state index contributed by atoms with van der Waals surface area (Å²) in [5.41, 5.74) is 4.24. The molecule has 0 atom stereocenters. The van der Waals surface area contributed by atoms with Gasteiger partial charge in [-0.2, -0.15) is 0 Å². The zero-order valence-corrected chi connectivity index (χ0v) is 17.3. The van der Waals surface area contributed by atoms with Crippen LogP contribution in [0.5, 0.6) is 0 Å². The normalized spacial score (nSPS) is 12.3. The van der Waals surface area contributed by atoms with Crippen LogP contribution < -0.4 is 15.9 Å². The van der Waals surface area contributed by atoms with Crippen molar-refractivity contribution in [3.63, 3.8) is 0 Å². The quantitative estimate of drug-likeness (QED) is 0.291. The molecular formula is C26H19ClFP. The Morgan fingerprint density at radius 1 is 0.552 bits per heavy atom. The molecule has 4 aromatic rings. The number of hydrogen-bond donors (Lipinski definition) is 0. The third-order valence-corrected chi connectivity index (χ3v) is 11.3. The molecule has 0 aromatic heterocycles. The predicted molar refractivity (Wildman–Crippen MR) is 124 cm³/mol. The van der Waals surface area contributed by atoms with Crippen molar-refractivity contribution >= 4 is 33.1 Å². The third-order valence-electron chi connectivity index (χ3n) is 4.98. The minimum absolute atomic E-state index is 0.284. The van der Waals surface area contributed by atoms with Gasteiger partial charge >= 0.3 is 176 Å². The van der Waals surface area contributed by atoms with Crippen LogP contribution in [0.25, 0.3) is 0 Å². The molecule has 0 heterocycles. The topological polar surface area (TPSA) is 0 Å². The molecule has 3 heteroatoms. The Morgan fingerprint density at radius 3 is 1.31 bits per heavy atom. The van der Waals surface area contributed by atoms with Gasteiger partial charge in [0.1, 0.15) is 0 Å². The van der Waals surface area contributed by atoms with Crippen molar-refractivity contribution in [1.82, 2.24) is 0 Å². The van der Waals surface area contributed by atoms with Gasteiger partial charge in [-0.1, -0.05) is 0 Å². The molecule has 0 aliphatic rings. The van der Waals surface area contributed by atoms with E-state index in [1.807, 2.05) is 91.0 Å². The fourth-order valence-corrected chi connectivity index (χ4v) is 8.43. The van der Waals surface area contributed by atoms with E-state index in [-0.39, 0.29) is 5.82 Å². The summed E-state index contributed by atoms with van der Waals surface area (Å²) in [5, 5.41) is 2.94. The van der Waals surface area contributed by atoms with Crippen molar-refractivity contribution in [3.05, 3.63) is 127 Å². The van der Waals surface area contributed by atoms with Gasteiger partial charge in [0.25, 0.3) is 0 Å². The summed E-state index contributed by atoms with van der Waals surface area (Å²) in [6.07, 6.45) is 0. The van der Waals surface area contributed by atoms with E-state index in [0.717, 1.165) is 21.5 Å². The standard InChI is InChI=1S/C26H19ClFP/c27-29(24-10-4-1-5-11-24,25-12-6-2-7-13-25,26-14-8-3-9-15-26)21-20-22-16-18-23(28)19-17-22/h1-19H. The Hall–Kier alpha value is -2.91. The minimum atomic E-state index is -3.62. The number of benzene rings is 4. The Morgan fingerprint density at radius 2 is 0.931 bits per heavy atom. The van der Waals surface area contributed by atoms with Gasteiger partial charge in [0.15, 0.2) is 0 Å². The molecule has 0 bridgehead atoms. The van der Waals surface area contributed by atoms with Gasteiger partial charge in [0.05, 0.1) is 0 Å². The van der Waals surface area contributed by atoms with Crippen LogP contribution in [0.15, 0.2) is 115 Å². The van der Waals surface area contributed by atoms with E-state index in [4.69, 9.17) is 11.2 Å². The zero-order valence-electron chi connectivity index (χ0n) is 15.7. The zero-order chi connectivity index (χ0) is 20.2. The Labute approximate surface area is 175 Å². The van der Waals surface area contributed by atoms with Crippen LogP contribution in [0.3, 0.4) is 0 Å². The summed E-state index contributed by atoms with van der Waals surface area (Å²) in [7, 11) is 0. The van der Waals surface area contributed by atoms with Gasteiger partial charge < -0.3 is 0 Å². The summed E-state index contributed by atoms with van der Waals surface area (Å²) in [6, 6.07) is 36.3. The van der Waals surface area contributed by atoms with Crippen LogP contribution in [-0.2, 0) is 0 Å². The molecule has 4 rings (SSSR count). The van der Waals surface area contributed by atoms with Crippen LogP contribution in [-0.4, -0.2) is 0 Å². The van der Waals surface area contributed by atoms with Crippen LogP contribution >= 0.6 is 17.2 Å². The van der Waals surface area contributed by atoms with Gasteiger partial charge in [-0.25, -0.2) is 0 Å². The van der Waals surface area contributed by atoms with E-state index in [1.165, 1.54) is 12.1 Å². The van der Waals surface area contributed by atoms with Crippen molar-refractivity contribution in [3.8, 4) is 11.6 Å². The van der Waals surface area contributed by atoms with E-state index < -0.39 is 5.96 Å². The fraction of sp³-hybridized carbons (Fsp3) is 0. The van der Waals surface area contributed by atoms with Crippen molar-refractivity contribution < 1.29 is 4.39 Å². The predicted octanol–water partition coefficient (Wildman–Crippen LogP) is 5.82. The van der Waals surface area contributed by atoms with E-state index in [0.29, 0.717) is 0 Å². The molecule has 0 fully saturated rings. The first kappa shape index (κ1) is 19.4. The summed E-state index contributed by atoms with van der Waals surface area (Å²) >= 11 is 7.84.